The van der Waals surface area contributed by atoms with Crippen molar-refractivity contribution in [3.05, 3.63) is 114 Å². The molecule has 0 atom stereocenters. The van der Waals surface area contributed by atoms with Gasteiger partial charge in [-0.25, -0.2) is 9.97 Å². The number of carbonyl (C=O) groups excluding carboxylic acids is 2. The van der Waals surface area contributed by atoms with Crippen molar-refractivity contribution in [2.75, 3.05) is 36.9 Å². The topological polar surface area (TPSA) is 114 Å². The summed E-state index contributed by atoms with van der Waals surface area (Å²) in [5, 5.41) is 7.33. The molecule has 1 aliphatic rings. The van der Waals surface area contributed by atoms with Crippen LogP contribution in [0.4, 0.5) is 17.2 Å². The number of imidazole rings is 1. The zero-order valence-electron chi connectivity index (χ0n) is 24.0. The fourth-order valence-electron chi connectivity index (χ4n) is 5.37. The minimum absolute atomic E-state index is 0.00468. The van der Waals surface area contributed by atoms with Crippen LogP contribution in [0.3, 0.4) is 0 Å². The summed E-state index contributed by atoms with van der Waals surface area (Å²) in [5.41, 5.74) is 6.51. The van der Waals surface area contributed by atoms with Crippen molar-refractivity contribution >= 4 is 45.6 Å². The first kappa shape index (κ1) is 27.2. The highest BCUT2D eigenvalue weighted by molar-refractivity contribution is 6.06. The minimum atomic E-state index is -0.237. The molecule has 0 spiro atoms. The number of ether oxygens (including phenoxy) is 1. The van der Waals surface area contributed by atoms with Crippen LogP contribution in [0.15, 0.2) is 97.6 Å². The molecule has 10 heteroatoms. The van der Waals surface area contributed by atoms with E-state index in [0.717, 1.165) is 27.7 Å². The smallest absolute Gasteiger partial charge is 0.257 e. The number of morpholine rings is 1. The number of rotatable bonds is 6. The second-order valence-electron chi connectivity index (χ2n) is 10.6. The first-order valence-electron chi connectivity index (χ1n) is 14.4. The van der Waals surface area contributed by atoms with Crippen molar-refractivity contribution in [2.24, 2.45) is 0 Å². The molecule has 3 aromatic carbocycles. The van der Waals surface area contributed by atoms with E-state index in [1.165, 1.54) is 0 Å². The predicted octanol–water partition coefficient (Wildman–Crippen LogP) is 5.72. The largest absolute Gasteiger partial charge is 0.378 e. The molecule has 44 heavy (non-hydrogen) atoms. The van der Waals surface area contributed by atoms with Gasteiger partial charge in [0.25, 0.3) is 11.8 Å². The van der Waals surface area contributed by atoms with E-state index in [1.54, 1.807) is 12.4 Å². The number of hydrogen-bond acceptors (Lipinski definition) is 7. The monoisotopic (exact) mass is 583 g/mol. The average molecular weight is 584 g/mol. The molecule has 1 aliphatic heterocycles. The highest BCUT2D eigenvalue weighted by atomic mass is 16.5. The number of para-hydroxylation sites is 1. The Balaban J connectivity index is 1.15. The van der Waals surface area contributed by atoms with Gasteiger partial charge in [-0.3, -0.25) is 14.6 Å². The average Bonchev–Trinajstić information content (AvgIpc) is 3.55. The van der Waals surface area contributed by atoms with E-state index in [9.17, 15) is 9.59 Å². The van der Waals surface area contributed by atoms with E-state index < -0.39 is 0 Å². The Kier molecular flexibility index (Phi) is 7.17. The van der Waals surface area contributed by atoms with Gasteiger partial charge in [0.2, 0.25) is 0 Å². The van der Waals surface area contributed by atoms with Gasteiger partial charge in [-0.15, -0.1) is 0 Å². The van der Waals surface area contributed by atoms with E-state index in [-0.39, 0.29) is 11.8 Å². The van der Waals surface area contributed by atoms with Gasteiger partial charge in [-0.2, -0.15) is 0 Å². The summed E-state index contributed by atoms with van der Waals surface area (Å²) in [7, 11) is 0. The van der Waals surface area contributed by atoms with Gasteiger partial charge in [0.05, 0.1) is 30.0 Å². The standard InChI is InChI=1S/C34H29N7O3/c1-22-27(6-4-8-28(22)39-33(42)25-19-24-5-2-3-7-29(24)36-20-25)30-21-41-14-13-35-32(41)31(38-30)37-26-11-9-23(10-12-26)34(43)40-15-17-44-18-16-40/h2-14,19-21H,15-18H2,1H3,(H,37,38)(H,39,42). The lowest BCUT2D eigenvalue weighted by atomic mass is 10.0. The molecule has 0 radical (unpaired) electrons. The van der Waals surface area contributed by atoms with Crippen LogP contribution in [0.25, 0.3) is 27.8 Å². The fourth-order valence-corrected chi connectivity index (χ4v) is 5.37. The van der Waals surface area contributed by atoms with Crippen molar-refractivity contribution in [1.29, 1.82) is 0 Å². The van der Waals surface area contributed by atoms with Crippen LogP contribution in [-0.4, -0.2) is 62.4 Å². The number of fused-ring (bicyclic) bond motifs is 2. The van der Waals surface area contributed by atoms with Crippen LogP contribution >= 0.6 is 0 Å². The second kappa shape index (κ2) is 11.6. The molecule has 2 N–H and O–H groups in total. The van der Waals surface area contributed by atoms with Crippen molar-refractivity contribution in [2.45, 2.75) is 6.92 Å². The first-order chi connectivity index (χ1) is 21.5. The van der Waals surface area contributed by atoms with Crippen molar-refractivity contribution in [3.8, 4) is 11.3 Å². The predicted molar refractivity (Wildman–Crippen MR) is 169 cm³/mol. The number of benzene rings is 3. The maximum Gasteiger partial charge on any atom is 0.257 e. The van der Waals surface area contributed by atoms with Gasteiger partial charge < -0.3 is 24.7 Å². The molecule has 0 aliphatic carbocycles. The Hall–Kier alpha value is -5.61. The zero-order chi connectivity index (χ0) is 30.0. The first-order valence-corrected chi connectivity index (χ1v) is 14.4. The Morgan fingerprint density at radius 2 is 1.73 bits per heavy atom. The Bertz CT molecular complexity index is 2010. The summed E-state index contributed by atoms with van der Waals surface area (Å²) in [6.45, 7) is 4.27. The number of carbonyl (C=O) groups is 2. The van der Waals surface area contributed by atoms with Crippen LogP contribution in [0, 0.1) is 6.92 Å². The molecule has 10 nitrogen and oxygen atoms in total. The van der Waals surface area contributed by atoms with E-state index in [2.05, 4.69) is 20.6 Å². The van der Waals surface area contributed by atoms with Crippen LogP contribution in [0.1, 0.15) is 26.3 Å². The third-order valence-electron chi connectivity index (χ3n) is 7.78. The molecule has 0 unspecified atom stereocenters. The van der Waals surface area contributed by atoms with Gasteiger partial charge in [0.15, 0.2) is 11.5 Å². The number of hydrogen-bond donors (Lipinski definition) is 2. The quantitative estimate of drug-likeness (QED) is 0.258. The number of anilines is 3. The molecule has 4 heterocycles. The summed E-state index contributed by atoms with van der Waals surface area (Å²) < 4.78 is 7.27. The summed E-state index contributed by atoms with van der Waals surface area (Å²) in [4.78, 5) is 41.7. The van der Waals surface area contributed by atoms with Crippen LogP contribution in [0.2, 0.25) is 0 Å². The Labute approximate surface area is 253 Å². The van der Waals surface area contributed by atoms with Gasteiger partial charge in [-0.05, 0) is 55.0 Å². The van der Waals surface area contributed by atoms with Gasteiger partial charge >= 0.3 is 0 Å². The number of amides is 2. The van der Waals surface area contributed by atoms with Crippen LogP contribution in [-0.2, 0) is 4.74 Å². The Morgan fingerprint density at radius 3 is 2.57 bits per heavy atom. The molecule has 1 fully saturated rings. The Morgan fingerprint density at radius 1 is 0.909 bits per heavy atom. The van der Waals surface area contributed by atoms with Crippen molar-refractivity contribution in [1.82, 2.24) is 24.3 Å². The molecular formula is C34H29N7O3. The van der Waals surface area contributed by atoms with Gasteiger partial charge in [0.1, 0.15) is 0 Å². The van der Waals surface area contributed by atoms with E-state index in [0.29, 0.717) is 60.3 Å². The number of pyridine rings is 1. The summed E-state index contributed by atoms with van der Waals surface area (Å²) >= 11 is 0. The third kappa shape index (κ3) is 5.34. The van der Waals surface area contributed by atoms with Crippen molar-refractivity contribution in [3.63, 3.8) is 0 Å². The SMILES string of the molecule is Cc1c(NC(=O)c2cnc3ccccc3c2)cccc1-c1cn2ccnc2c(Nc2ccc(C(=O)N3CCOCC3)cc2)n1. The fraction of sp³-hybridized carbons (Fsp3) is 0.147. The van der Waals surface area contributed by atoms with E-state index in [4.69, 9.17) is 9.72 Å². The zero-order valence-corrected chi connectivity index (χ0v) is 24.0. The maximum atomic E-state index is 13.2. The lowest BCUT2D eigenvalue weighted by molar-refractivity contribution is 0.0303. The molecule has 0 saturated carbocycles. The molecule has 6 aromatic rings. The van der Waals surface area contributed by atoms with Crippen LogP contribution < -0.4 is 10.6 Å². The number of aromatic nitrogens is 4. The summed E-state index contributed by atoms with van der Waals surface area (Å²) in [5.74, 6) is 0.324. The normalized spacial score (nSPS) is 13.2. The summed E-state index contributed by atoms with van der Waals surface area (Å²) in [6, 6.07) is 22.7. The molecule has 218 valence electrons. The molecule has 2 amide bonds. The lowest BCUT2D eigenvalue weighted by Gasteiger charge is -2.26. The third-order valence-corrected chi connectivity index (χ3v) is 7.78. The second-order valence-corrected chi connectivity index (χ2v) is 10.6. The van der Waals surface area contributed by atoms with Crippen molar-refractivity contribution < 1.29 is 14.3 Å². The number of nitrogens with one attached hydrogen (secondary N) is 2. The highest BCUT2D eigenvalue weighted by Gasteiger charge is 2.19. The summed E-state index contributed by atoms with van der Waals surface area (Å²) in [6.07, 6.45) is 7.09. The number of nitrogens with zero attached hydrogens (tertiary/aromatic N) is 5. The minimum Gasteiger partial charge on any atom is -0.378 e. The molecule has 7 rings (SSSR count). The van der Waals surface area contributed by atoms with Gasteiger partial charge in [0, 0.05) is 65.8 Å². The van der Waals surface area contributed by atoms with Gasteiger partial charge in [-0.1, -0.05) is 30.3 Å². The maximum absolute atomic E-state index is 13.2. The molecule has 1 saturated heterocycles. The van der Waals surface area contributed by atoms with E-state index >= 15 is 0 Å². The highest BCUT2D eigenvalue weighted by Crippen LogP contribution is 2.30. The van der Waals surface area contributed by atoms with E-state index in [1.807, 2.05) is 101 Å². The molecular weight excluding hydrogens is 554 g/mol. The molecule has 3 aromatic heterocycles. The van der Waals surface area contributed by atoms with Crippen LogP contribution in [0.5, 0.6) is 0 Å². The molecule has 0 bridgehead atoms. The lowest BCUT2D eigenvalue weighted by Crippen LogP contribution is -2.40.